The molecule has 0 bridgehead atoms. The quantitative estimate of drug-likeness (QED) is 0.0652. The van der Waals surface area contributed by atoms with Crippen LogP contribution in [0.4, 0.5) is 11.4 Å². The van der Waals surface area contributed by atoms with Gasteiger partial charge in [0.25, 0.3) is 0 Å². The van der Waals surface area contributed by atoms with Crippen molar-refractivity contribution in [2.24, 2.45) is 0 Å². The van der Waals surface area contributed by atoms with Gasteiger partial charge in [0.1, 0.15) is 29.5 Å². The summed E-state index contributed by atoms with van der Waals surface area (Å²) in [6, 6.07) is 39.3. The first-order valence-electron chi connectivity index (χ1n) is 16.0. The number of aromatic hydroxyl groups is 2. The molecule has 2 aliphatic rings. The van der Waals surface area contributed by atoms with E-state index in [1.165, 1.54) is 51.7 Å². The zero-order chi connectivity index (χ0) is 33.9. The second kappa shape index (κ2) is 11.3. The Bertz CT molecular complexity index is 2410. The Morgan fingerprint density at radius 2 is 1.27 bits per heavy atom. The maximum Gasteiger partial charge on any atom is 0.340 e. The predicted octanol–water partition coefficient (Wildman–Crippen LogP) is 7.80. The summed E-state index contributed by atoms with van der Waals surface area (Å²) >= 11 is 0. The van der Waals surface area contributed by atoms with Crippen LogP contribution in [-0.4, -0.2) is 16.2 Å². The number of fused-ring (bicyclic) bond motifs is 9. The number of ether oxygens (including phenoxy) is 2. The second-order valence-corrected chi connectivity index (χ2v) is 12.1. The fraction of sp³-hybridized carbons (Fsp3) is 0.0732. The van der Waals surface area contributed by atoms with Gasteiger partial charge < -0.3 is 31.2 Å². The number of anilines is 2. The van der Waals surface area contributed by atoms with Crippen LogP contribution in [0.3, 0.4) is 0 Å². The monoisotopic (exact) mass is 646 g/mol. The van der Waals surface area contributed by atoms with Crippen LogP contribution >= 0.6 is 0 Å². The number of phenolic OH excluding ortho intramolecular Hbond substituents is 2. The SMILES string of the molecule is CC[n+]1c(-c2ccccc2)c2cc(N)ccc2c2ccc(N)cc21.O=C1OC2(c3ccc(O)cc3Oc3cc(O)ccc32)c2ccccc21. The lowest BCUT2D eigenvalue weighted by atomic mass is 9.77. The van der Waals surface area contributed by atoms with Crippen LogP contribution in [0.1, 0.15) is 34.0 Å². The van der Waals surface area contributed by atoms with E-state index in [-0.39, 0.29) is 11.5 Å². The van der Waals surface area contributed by atoms with Gasteiger partial charge >= 0.3 is 5.97 Å². The lowest BCUT2D eigenvalue weighted by molar-refractivity contribution is -0.655. The molecule has 8 nitrogen and oxygen atoms in total. The molecule has 0 atom stereocenters. The standard InChI is InChI=1S/C21H19N3.C20H12O5/c1-2-24-20-13-16(23)9-11-18(20)17-10-8-15(22)12-19(17)21(24)14-6-4-3-5-7-14;21-11-5-7-15-17(9-11)24-18-10-12(22)6-8-16(18)20(15)14-4-2-1-3-13(14)19(23)25-20/h3-13,23H,2,22H2,1H3;1-10,21-22H/p+1. The first-order chi connectivity index (χ1) is 23.8. The maximum absolute atomic E-state index is 12.5. The van der Waals surface area contributed by atoms with Gasteiger partial charge in [-0.2, -0.15) is 4.57 Å². The molecule has 9 rings (SSSR count). The molecule has 2 aliphatic heterocycles. The third kappa shape index (κ3) is 4.68. The maximum atomic E-state index is 12.5. The molecule has 8 heteroatoms. The van der Waals surface area contributed by atoms with Crippen LogP contribution in [0.2, 0.25) is 0 Å². The Morgan fingerprint density at radius 3 is 1.94 bits per heavy atom. The summed E-state index contributed by atoms with van der Waals surface area (Å²) in [6.07, 6.45) is 0. The Labute approximate surface area is 282 Å². The van der Waals surface area contributed by atoms with Gasteiger partial charge in [-0.3, -0.25) is 0 Å². The van der Waals surface area contributed by atoms with Crippen molar-refractivity contribution in [3.8, 4) is 34.3 Å². The van der Waals surface area contributed by atoms with Crippen LogP contribution in [0.15, 0.2) is 127 Å². The lowest BCUT2D eigenvalue weighted by Gasteiger charge is -2.36. The number of hydrogen-bond donors (Lipinski definition) is 4. The van der Waals surface area contributed by atoms with E-state index in [9.17, 15) is 15.0 Å². The van der Waals surface area contributed by atoms with Gasteiger partial charge in [0, 0.05) is 57.2 Å². The van der Waals surface area contributed by atoms with Gasteiger partial charge in [0.2, 0.25) is 11.2 Å². The smallest absolute Gasteiger partial charge is 0.340 e. The molecule has 3 heterocycles. The molecular weight excluding hydrogens is 614 g/mol. The van der Waals surface area contributed by atoms with Crippen molar-refractivity contribution in [3.63, 3.8) is 0 Å². The third-order valence-electron chi connectivity index (χ3n) is 9.22. The van der Waals surface area contributed by atoms with Gasteiger partial charge in [-0.25, -0.2) is 4.79 Å². The highest BCUT2D eigenvalue weighted by molar-refractivity contribution is 6.10. The van der Waals surface area contributed by atoms with Crippen molar-refractivity contribution in [2.45, 2.75) is 19.1 Å². The molecule has 0 saturated carbocycles. The summed E-state index contributed by atoms with van der Waals surface area (Å²) in [5, 5.41) is 23.2. The Morgan fingerprint density at radius 1 is 0.653 bits per heavy atom. The number of nitrogens with two attached hydrogens (primary N) is 2. The molecule has 1 spiro atoms. The normalized spacial score (nSPS) is 13.5. The van der Waals surface area contributed by atoms with E-state index in [0.717, 1.165) is 23.4 Å². The van der Waals surface area contributed by atoms with Crippen molar-refractivity contribution in [1.29, 1.82) is 0 Å². The molecule has 0 saturated heterocycles. The molecule has 0 amide bonds. The number of pyridine rings is 1. The minimum atomic E-state index is -1.17. The van der Waals surface area contributed by atoms with Crippen LogP contribution in [0.25, 0.3) is 32.9 Å². The van der Waals surface area contributed by atoms with Crippen LogP contribution in [0, 0.1) is 0 Å². The predicted molar refractivity (Wildman–Crippen MR) is 190 cm³/mol. The van der Waals surface area contributed by atoms with E-state index in [0.29, 0.717) is 33.8 Å². The fourth-order valence-electron chi connectivity index (χ4n) is 7.15. The summed E-state index contributed by atoms with van der Waals surface area (Å²) in [5.74, 6) is 0.408. The summed E-state index contributed by atoms with van der Waals surface area (Å²) in [6.45, 7) is 3.02. The van der Waals surface area contributed by atoms with Crippen LogP contribution in [-0.2, 0) is 16.9 Å². The summed E-state index contributed by atoms with van der Waals surface area (Å²) in [5.41, 5.74) is 18.5. The van der Waals surface area contributed by atoms with Gasteiger partial charge in [0.05, 0.1) is 16.3 Å². The number of phenols is 2. The number of rotatable bonds is 2. The van der Waals surface area contributed by atoms with E-state index in [2.05, 4.69) is 60.0 Å². The topological polar surface area (TPSA) is 132 Å². The number of carbonyl (C=O) groups is 1. The first kappa shape index (κ1) is 29.8. The average molecular weight is 647 g/mol. The zero-order valence-corrected chi connectivity index (χ0v) is 26.6. The molecule has 240 valence electrons. The number of benzene rings is 6. The summed E-state index contributed by atoms with van der Waals surface area (Å²) < 4.78 is 14.1. The fourth-order valence-corrected chi connectivity index (χ4v) is 7.15. The number of esters is 1. The van der Waals surface area contributed by atoms with E-state index in [4.69, 9.17) is 20.9 Å². The molecule has 6 aromatic carbocycles. The third-order valence-corrected chi connectivity index (χ3v) is 9.22. The Balaban J connectivity index is 0.000000142. The van der Waals surface area contributed by atoms with Gasteiger partial charge in [-0.05, 0) is 73.7 Å². The van der Waals surface area contributed by atoms with Crippen molar-refractivity contribution in [2.75, 3.05) is 11.5 Å². The van der Waals surface area contributed by atoms with Crippen molar-refractivity contribution < 1.29 is 29.0 Å². The van der Waals surface area contributed by atoms with E-state index >= 15 is 0 Å². The Hall–Kier alpha value is -6.54. The molecule has 0 unspecified atom stereocenters. The molecule has 6 N–H and O–H groups in total. The minimum Gasteiger partial charge on any atom is -0.508 e. The molecule has 0 aliphatic carbocycles. The number of nitrogens with zero attached hydrogens (tertiary/aromatic N) is 1. The highest BCUT2D eigenvalue weighted by Crippen LogP contribution is 2.56. The second-order valence-electron chi connectivity index (χ2n) is 12.1. The van der Waals surface area contributed by atoms with Crippen molar-refractivity contribution in [1.82, 2.24) is 0 Å². The first-order valence-corrected chi connectivity index (χ1v) is 16.0. The number of nitrogen functional groups attached to an aromatic ring is 2. The molecule has 1 aromatic heterocycles. The highest BCUT2D eigenvalue weighted by atomic mass is 16.6. The van der Waals surface area contributed by atoms with Crippen LogP contribution in [0.5, 0.6) is 23.0 Å². The molecule has 7 aromatic rings. The number of carbonyl (C=O) groups excluding carboxylic acids is 1. The van der Waals surface area contributed by atoms with E-state index < -0.39 is 11.6 Å². The lowest BCUT2D eigenvalue weighted by Crippen LogP contribution is -2.36. The summed E-state index contributed by atoms with van der Waals surface area (Å²) in [4.78, 5) is 12.5. The van der Waals surface area contributed by atoms with Crippen LogP contribution < -0.4 is 20.8 Å². The van der Waals surface area contributed by atoms with Gasteiger partial charge in [-0.1, -0.05) is 42.5 Å². The number of aromatic nitrogens is 1. The van der Waals surface area contributed by atoms with E-state index in [1.54, 1.807) is 24.3 Å². The Kier molecular flexibility index (Phi) is 6.89. The van der Waals surface area contributed by atoms with Gasteiger partial charge in [-0.15, -0.1) is 0 Å². The molecule has 0 radical (unpaired) electrons. The van der Waals surface area contributed by atoms with E-state index in [1.807, 2.05) is 30.3 Å². The zero-order valence-electron chi connectivity index (χ0n) is 26.6. The molecule has 0 fully saturated rings. The van der Waals surface area contributed by atoms with Crippen molar-refractivity contribution >= 4 is 39.0 Å². The number of hydrogen-bond acceptors (Lipinski definition) is 7. The number of aryl methyl sites for hydroxylation is 1. The average Bonchev–Trinajstić information content (AvgIpc) is 3.40. The minimum absolute atomic E-state index is 0.0371. The summed E-state index contributed by atoms with van der Waals surface area (Å²) in [7, 11) is 0. The molecular formula is C41H32N3O5+. The largest absolute Gasteiger partial charge is 0.508 e. The molecule has 49 heavy (non-hydrogen) atoms. The van der Waals surface area contributed by atoms with Gasteiger partial charge in [0.15, 0.2) is 5.60 Å². The van der Waals surface area contributed by atoms with Crippen molar-refractivity contribution in [3.05, 3.63) is 150 Å². The highest BCUT2D eigenvalue weighted by Gasteiger charge is 2.53.